The lowest BCUT2D eigenvalue weighted by Gasteiger charge is -2.43. The molecule has 1 aliphatic heterocycles. The van der Waals surface area contributed by atoms with Crippen molar-refractivity contribution in [3.8, 4) is 0 Å². The lowest BCUT2D eigenvalue weighted by molar-refractivity contribution is -0.117. The van der Waals surface area contributed by atoms with E-state index in [4.69, 9.17) is 0 Å². The maximum Gasteiger partial charge on any atom is 0.162 e. The zero-order valence-electron chi connectivity index (χ0n) is 14.8. The smallest absolute Gasteiger partial charge is 0.162 e. The first-order valence-corrected chi connectivity index (χ1v) is 10.1. The minimum Gasteiger partial charge on any atom is -0.342 e. The molecule has 1 aromatic heterocycles. The van der Waals surface area contributed by atoms with E-state index in [1.807, 2.05) is 11.6 Å². The van der Waals surface area contributed by atoms with Crippen molar-refractivity contribution in [1.82, 2.24) is 4.98 Å². The number of benzene rings is 1. The van der Waals surface area contributed by atoms with Gasteiger partial charge in [0.1, 0.15) is 5.82 Å². The summed E-state index contributed by atoms with van der Waals surface area (Å²) in [6, 6.07) is 10.5. The van der Waals surface area contributed by atoms with E-state index in [2.05, 4.69) is 48.4 Å². The van der Waals surface area contributed by atoms with Gasteiger partial charge in [0.2, 0.25) is 0 Å². The maximum absolute atomic E-state index is 13.3. The molecule has 2 heterocycles. The molecule has 0 radical (unpaired) electrons. The van der Waals surface area contributed by atoms with Gasteiger partial charge in [0.15, 0.2) is 5.78 Å². The van der Waals surface area contributed by atoms with E-state index >= 15 is 0 Å². The molecule has 1 N–H and O–H groups in total. The average Bonchev–Trinajstić information content (AvgIpc) is 3.09. The molecule has 1 aromatic carbocycles. The molecule has 3 nitrogen and oxygen atoms in total. The Morgan fingerprint density at radius 3 is 2.76 bits per heavy atom. The molecular formula is C21H24N2OS. The maximum atomic E-state index is 13.3. The van der Waals surface area contributed by atoms with Crippen LogP contribution >= 0.6 is 11.3 Å². The van der Waals surface area contributed by atoms with Gasteiger partial charge in [-0.15, -0.1) is 11.3 Å². The van der Waals surface area contributed by atoms with Crippen molar-refractivity contribution in [3.05, 3.63) is 57.6 Å². The summed E-state index contributed by atoms with van der Waals surface area (Å²) in [6.07, 6.45) is 4.74. The first-order chi connectivity index (χ1) is 12.2. The summed E-state index contributed by atoms with van der Waals surface area (Å²) >= 11 is 1.66. The first kappa shape index (κ1) is 16.5. The number of fused-ring (bicyclic) bond motifs is 1. The molecule has 1 aliphatic carbocycles. The van der Waals surface area contributed by atoms with Crippen molar-refractivity contribution in [3.63, 3.8) is 0 Å². The fourth-order valence-electron chi connectivity index (χ4n) is 4.65. The molecule has 4 heteroatoms. The summed E-state index contributed by atoms with van der Waals surface area (Å²) in [5, 5.41) is 3.51. The number of ketones is 1. The number of nitrogens with one attached hydrogen (secondary N) is 1. The number of nitrogens with zero attached hydrogens (tertiary/aromatic N) is 1. The number of hydrogen-bond acceptors (Lipinski definition) is 4. The van der Waals surface area contributed by atoms with Crippen molar-refractivity contribution in [2.24, 2.45) is 5.92 Å². The highest BCUT2D eigenvalue weighted by Gasteiger charge is 2.49. The number of carbonyl (C=O) groups excluding carboxylic acids is 1. The van der Waals surface area contributed by atoms with Gasteiger partial charge in [-0.3, -0.25) is 4.79 Å². The number of Topliss-reactive ketones (excluding diaryl/α,β-unsaturated/α-hetero) is 1. The highest BCUT2D eigenvalue weighted by atomic mass is 32.1. The molecule has 4 rings (SSSR count). The van der Waals surface area contributed by atoms with Gasteiger partial charge in [-0.1, -0.05) is 50.6 Å². The van der Waals surface area contributed by atoms with Gasteiger partial charge in [-0.05, 0) is 30.7 Å². The van der Waals surface area contributed by atoms with Gasteiger partial charge in [0, 0.05) is 17.7 Å². The van der Waals surface area contributed by atoms with E-state index in [9.17, 15) is 4.79 Å². The monoisotopic (exact) mass is 352 g/mol. The van der Waals surface area contributed by atoms with E-state index in [0.717, 1.165) is 42.8 Å². The van der Waals surface area contributed by atoms with Crippen LogP contribution in [0.15, 0.2) is 47.1 Å². The third-order valence-electron chi connectivity index (χ3n) is 5.69. The molecule has 2 aromatic rings. The van der Waals surface area contributed by atoms with E-state index in [1.54, 1.807) is 11.3 Å². The summed E-state index contributed by atoms with van der Waals surface area (Å²) in [4.78, 5) is 19.0. The Balaban J connectivity index is 1.93. The van der Waals surface area contributed by atoms with Crippen LogP contribution in [0.25, 0.3) is 0 Å². The van der Waals surface area contributed by atoms with Crippen LogP contribution in [-0.4, -0.2) is 10.8 Å². The number of thiazole rings is 1. The summed E-state index contributed by atoms with van der Waals surface area (Å²) in [5.41, 5.74) is 4.85. The predicted octanol–water partition coefficient (Wildman–Crippen LogP) is 5.30. The summed E-state index contributed by atoms with van der Waals surface area (Å²) < 4.78 is 0. The second-order valence-corrected chi connectivity index (χ2v) is 7.97. The molecule has 130 valence electrons. The van der Waals surface area contributed by atoms with Crippen LogP contribution in [0, 0.1) is 5.92 Å². The van der Waals surface area contributed by atoms with Crippen LogP contribution in [-0.2, 0) is 10.2 Å². The Hall–Kier alpha value is -1.94. The number of aromatic nitrogens is 1. The molecule has 2 atom stereocenters. The zero-order chi connectivity index (χ0) is 17.4. The Kier molecular flexibility index (Phi) is 4.24. The molecule has 0 bridgehead atoms. The van der Waals surface area contributed by atoms with Crippen molar-refractivity contribution < 1.29 is 4.79 Å². The van der Waals surface area contributed by atoms with E-state index in [1.165, 1.54) is 10.4 Å². The second-order valence-electron chi connectivity index (χ2n) is 7.12. The number of rotatable bonds is 4. The van der Waals surface area contributed by atoms with Gasteiger partial charge < -0.3 is 5.32 Å². The Morgan fingerprint density at radius 2 is 2.04 bits per heavy atom. The van der Waals surface area contributed by atoms with Gasteiger partial charge in [-0.25, -0.2) is 4.98 Å². The first-order valence-electron chi connectivity index (χ1n) is 9.24. The van der Waals surface area contributed by atoms with Crippen molar-refractivity contribution in [1.29, 1.82) is 0 Å². The normalized spacial score (nSPS) is 25.4. The fourth-order valence-corrected chi connectivity index (χ4v) is 5.70. The number of anilines is 1. The summed E-state index contributed by atoms with van der Waals surface area (Å²) in [5.74, 6) is 1.71. The third kappa shape index (κ3) is 2.46. The van der Waals surface area contributed by atoms with Crippen LogP contribution in [0.3, 0.4) is 0 Å². The molecule has 0 saturated carbocycles. The highest BCUT2D eigenvalue weighted by Crippen LogP contribution is 2.53. The predicted molar refractivity (Wildman–Crippen MR) is 103 cm³/mol. The average molecular weight is 353 g/mol. The van der Waals surface area contributed by atoms with E-state index in [0.29, 0.717) is 18.1 Å². The lowest BCUT2D eigenvalue weighted by atomic mass is 9.64. The van der Waals surface area contributed by atoms with Crippen molar-refractivity contribution in [2.75, 3.05) is 5.32 Å². The lowest BCUT2D eigenvalue weighted by Crippen LogP contribution is -2.41. The Labute approximate surface area is 153 Å². The van der Waals surface area contributed by atoms with Crippen molar-refractivity contribution in [2.45, 2.75) is 51.4 Å². The van der Waals surface area contributed by atoms with Crippen LogP contribution < -0.4 is 5.32 Å². The molecular weight excluding hydrogens is 328 g/mol. The molecule has 0 saturated heterocycles. The van der Waals surface area contributed by atoms with Crippen molar-refractivity contribution >= 4 is 22.9 Å². The van der Waals surface area contributed by atoms with Crippen LogP contribution in [0.5, 0.6) is 0 Å². The molecule has 0 spiro atoms. The second kappa shape index (κ2) is 6.41. The van der Waals surface area contributed by atoms with Gasteiger partial charge in [0.25, 0.3) is 0 Å². The Bertz CT molecular complexity index is 823. The standard InChI is InChI=1S/C21H24N2OS/c1-3-8-14-11-16-18(17(24)12-14)21(4-2,15-9-6-5-7-10-15)19-20(23-16)22-13-25-19/h5-7,9-10,13-14,23H,3-4,8,11-12H2,1-2H3/t14?,21-/m0/s1. The van der Waals surface area contributed by atoms with E-state index in [-0.39, 0.29) is 5.41 Å². The summed E-state index contributed by atoms with van der Waals surface area (Å²) in [6.45, 7) is 4.39. The molecule has 0 fully saturated rings. The van der Waals surface area contributed by atoms with Crippen LogP contribution in [0.1, 0.15) is 56.4 Å². The molecule has 2 aliphatic rings. The summed E-state index contributed by atoms with van der Waals surface area (Å²) in [7, 11) is 0. The fraction of sp³-hybridized carbons (Fsp3) is 0.429. The van der Waals surface area contributed by atoms with Gasteiger partial charge in [-0.2, -0.15) is 0 Å². The SMILES string of the molecule is CCCC1CC(=O)C2=C(C1)Nc1ncsc1[C@@]2(CC)c1ccccc1. The quantitative estimate of drug-likeness (QED) is 0.812. The zero-order valence-corrected chi connectivity index (χ0v) is 15.7. The number of hydrogen-bond donors (Lipinski definition) is 1. The molecule has 1 unspecified atom stereocenters. The minimum absolute atomic E-state index is 0.317. The molecule has 25 heavy (non-hydrogen) atoms. The number of allylic oxidation sites excluding steroid dienone is 2. The minimum atomic E-state index is -0.355. The van der Waals surface area contributed by atoms with Gasteiger partial charge in [0.05, 0.1) is 15.8 Å². The largest absolute Gasteiger partial charge is 0.342 e. The topological polar surface area (TPSA) is 42.0 Å². The van der Waals surface area contributed by atoms with Gasteiger partial charge >= 0.3 is 0 Å². The van der Waals surface area contributed by atoms with Crippen LogP contribution in [0.4, 0.5) is 5.82 Å². The number of carbonyl (C=O) groups is 1. The van der Waals surface area contributed by atoms with E-state index < -0.39 is 0 Å². The molecule has 0 amide bonds. The van der Waals surface area contributed by atoms with Crippen LogP contribution in [0.2, 0.25) is 0 Å². The Morgan fingerprint density at radius 1 is 1.24 bits per heavy atom. The third-order valence-corrected chi connectivity index (χ3v) is 6.68. The highest BCUT2D eigenvalue weighted by molar-refractivity contribution is 7.10.